The van der Waals surface area contributed by atoms with E-state index in [0.29, 0.717) is 42.2 Å². The lowest BCUT2D eigenvalue weighted by Gasteiger charge is -2.17. The van der Waals surface area contributed by atoms with E-state index in [1.54, 1.807) is 29.1 Å². The smallest absolute Gasteiger partial charge is 0.263 e. The molecular formula is C31H33FN6O5. The van der Waals surface area contributed by atoms with Crippen molar-refractivity contribution in [1.29, 1.82) is 0 Å². The largest absolute Gasteiger partial charge is 0.383 e. The minimum atomic E-state index is -0.833. The van der Waals surface area contributed by atoms with Crippen molar-refractivity contribution in [3.8, 4) is 16.9 Å². The second-order valence-corrected chi connectivity index (χ2v) is 10.6. The number of rotatable bonds is 11. The van der Waals surface area contributed by atoms with Crippen molar-refractivity contribution in [3.63, 3.8) is 0 Å². The number of carbonyl (C=O) groups excluding carboxylic acids is 2. The number of Topliss-reactive ketones (excluding diaryl/α,β-unsaturated/α-hetero) is 1. The number of amides is 1. The molecular weight excluding hydrogens is 555 g/mol. The summed E-state index contributed by atoms with van der Waals surface area (Å²) < 4.78 is 22.2. The fourth-order valence-corrected chi connectivity index (χ4v) is 5.45. The van der Waals surface area contributed by atoms with Gasteiger partial charge in [0.1, 0.15) is 17.5 Å². The first-order valence-electron chi connectivity index (χ1n) is 13.8. The molecule has 1 aliphatic rings. The van der Waals surface area contributed by atoms with Crippen LogP contribution in [-0.2, 0) is 27.8 Å². The third-order valence-electron chi connectivity index (χ3n) is 7.57. The lowest BCUT2D eigenvalue weighted by atomic mass is 9.91. The van der Waals surface area contributed by atoms with Gasteiger partial charge in [0, 0.05) is 64.0 Å². The highest BCUT2D eigenvalue weighted by Gasteiger charge is 2.37. The van der Waals surface area contributed by atoms with Gasteiger partial charge in [0.05, 0.1) is 23.7 Å². The number of hydrogen-bond acceptors (Lipinski definition) is 8. The van der Waals surface area contributed by atoms with Crippen LogP contribution in [0.1, 0.15) is 39.7 Å². The number of pyridine rings is 2. The van der Waals surface area contributed by atoms with Crippen molar-refractivity contribution in [2.45, 2.75) is 25.9 Å². The van der Waals surface area contributed by atoms with Crippen molar-refractivity contribution in [3.05, 3.63) is 99.6 Å². The number of nitrogens with zero attached hydrogens (tertiary/aromatic N) is 5. The molecule has 3 aromatic heterocycles. The summed E-state index contributed by atoms with van der Waals surface area (Å²) in [6.45, 7) is 3.27. The predicted octanol–water partition coefficient (Wildman–Crippen LogP) is 2.93. The Kier molecular flexibility index (Phi) is 8.90. The van der Waals surface area contributed by atoms with Crippen LogP contribution in [0.25, 0.3) is 16.9 Å². The SMILES string of the molecule is COCCN1C[C@@H](CC(=O)Cc2c(C)c(-c3cc(C(N)=O)c(=O)n(C)c3)nn2-c2ccccc2)[C@H](c2ccnc(F)c2)O1. The summed E-state index contributed by atoms with van der Waals surface area (Å²) in [5, 5.41) is 6.57. The number of methoxy groups -OCH3 is 1. The van der Waals surface area contributed by atoms with Gasteiger partial charge in [-0.1, -0.05) is 18.2 Å². The number of halogens is 1. The predicted molar refractivity (Wildman–Crippen MR) is 156 cm³/mol. The fourth-order valence-electron chi connectivity index (χ4n) is 5.45. The Morgan fingerprint density at radius 2 is 1.95 bits per heavy atom. The molecule has 0 saturated carbocycles. The van der Waals surface area contributed by atoms with Gasteiger partial charge in [0.2, 0.25) is 5.95 Å². The zero-order chi connectivity index (χ0) is 30.7. The van der Waals surface area contributed by atoms with Gasteiger partial charge >= 0.3 is 0 Å². The van der Waals surface area contributed by atoms with E-state index in [0.717, 1.165) is 11.3 Å². The summed E-state index contributed by atoms with van der Waals surface area (Å²) in [7, 11) is 3.14. The number of carbonyl (C=O) groups is 2. The highest BCUT2D eigenvalue weighted by atomic mass is 19.1. The number of nitrogens with two attached hydrogens (primary N) is 1. The van der Waals surface area contributed by atoms with Gasteiger partial charge in [-0.05, 0) is 48.4 Å². The minimum absolute atomic E-state index is 0.0493. The topological polar surface area (TPSA) is 135 Å². The molecule has 2 N–H and O–H groups in total. The van der Waals surface area contributed by atoms with Crippen molar-refractivity contribution >= 4 is 11.7 Å². The molecule has 1 fully saturated rings. The number of para-hydroxylation sites is 1. The molecule has 0 unspecified atom stereocenters. The number of hydroxylamine groups is 2. The number of hydrogen-bond donors (Lipinski definition) is 1. The maximum absolute atomic E-state index is 14.0. The van der Waals surface area contributed by atoms with E-state index < -0.39 is 23.5 Å². The van der Waals surface area contributed by atoms with E-state index in [1.807, 2.05) is 37.3 Å². The van der Waals surface area contributed by atoms with Crippen LogP contribution in [-0.4, -0.2) is 62.9 Å². The Morgan fingerprint density at radius 1 is 1.19 bits per heavy atom. The normalized spacial score (nSPS) is 16.9. The van der Waals surface area contributed by atoms with E-state index >= 15 is 0 Å². The molecule has 5 rings (SSSR count). The first kappa shape index (κ1) is 30.0. The summed E-state index contributed by atoms with van der Waals surface area (Å²) in [4.78, 5) is 47.9. The summed E-state index contributed by atoms with van der Waals surface area (Å²) in [5.41, 5.74) is 8.61. The third-order valence-corrected chi connectivity index (χ3v) is 7.57. The van der Waals surface area contributed by atoms with E-state index in [2.05, 4.69) is 4.98 Å². The molecule has 0 radical (unpaired) electrons. The van der Waals surface area contributed by atoms with E-state index in [1.165, 1.54) is 29.9 Å². The number of ketones is 1. The Morgan fingerprint density at radius 3 is 2.65 bits per heavy atom. The van der Waals surface area contributed by atoms with E-state index in [-0.39, 0.29) is 30.1 Å². The molecule has 2 atom stereocenters. The van der Waals surface area contributed by atoms with Gasteiger partial charge in [-0.25, -0.2) is 9.67 Å². The standard InChI is InChI=1S/C31H33FN6O5/c1-19-26(16-24(39)13-22-18-37(11-12-42-3)43-29(22)20-9-10-34-27(32)15-20)38(23-7-5-4-6-8-23)35-28(19)21-14-25(30(33)40)31(41)36(2)17-21/h4-10,14-15,17,22,29H,11-13,16,18H2,1-3H3,(H2,33,40)/t22-,29+/m1/s1. The van der Waals surface area contributed by atoms with Gasteiger partial charge in [0.25, 0.3) is 11.5 Å². The summed E-state index contributed by atoms with van der Waals surface area (Å²) in [5.74, 6) is -1.73. The van der Waals surface area contributed by atoms with Crippen molar-refractivity contribution in [2.75, 3.05) is 26.8 Å². The lowest BCUT2D eigenvalue weighted by Crippen LogP contribution is -2.27. The summed E-state index contributed by atoms with van der Waals surface area (Å²) in [6.07, 6.45) is 2.70. The zero-order valence-corrected chi connectivity index (χ0v) is 24.2. The Balaban J connectivity index is 1.48. The first-order valence-corrected chi connectivity index (χ1v) is 13.8. The van der Waals surface area contributed by atoms with Crippen LogP contribution in [0.5, 0.6) is 0 Å². The molecule has 1 saturated heterocycles. The number of aryl methyl sites for hydroxylation is 1. The van der Waals surface area contributed by atoms with E-state index in [9.17, 15) is 18.8 Å². The first-order chi connectivity index (χ1) is 20.7. The lowest BCUT2D eigenvalue weighted by molar-refractivity contribution is -0.155. The third kappa shape index (κ3) is 6.46. The molecule has 43 heavy (non-hydrogen) atoms. The molecule has 0 aliphatic carbocycles. The Labute approximate surface area is 247 Å². The summed E-state index contributed by atoms with van der Waals surface area (Å²) in [6, 6.07) is 13.9. The number of benzene rings is 1. The Hall–Kier alpha value is -4.52. The molecule has 0 bridgehead atoms. The quantitative estimate of drug-likeness (QED) is 0.264. The van der Waals surface area contributed by atoms with Gasteiger partial charge in [-0.3, -0.25) is 19.2 Å². The monoisotopic (exact) mass is 588 g/mol. The molecule has 12 heteroatoms. The van der Waals surface area contributed by atoms with E-state index in [4.69, 9.17) is 20.4 Å². The van der Waals surface area contributed by atoms with Crippen LogP contribution in [0.3, 0.4) is 0 Å². The molecule has 1 amide bonds. The van der Waals surface area contributed by atoms with Gasteiger partial charge < -0.3 is 15.0 Å². The van der Waals surface area contributed by atoms with Crippen LogP contribution in [0.2, 0.25) is 0 Å². The highest BCUT2D eigenvalue weighted by molar-refractivity contribution is 5.93. The second kappa shape index (κ2) is 12.8. The van der Waals surface area contributed by atoms with Gasteiger partial charge in [-0.15, -0.1) is 0 Å². The van der Waals surface area contributed by atoms with Gasteiger partial charge in [0.15, 0.2) is 0 Å². The van der Waals surface area contributed by atoms with Crippen LogP contribution in [0.4, 0.5) is 4.39 Å². The van der Waals surface area contributed by atoms with Crippen LogP contribution in [0, 0.1) is 18.8 Å². The molecule has 0 spiro atoms. The molecule has 4 aromatic rings. The van der Waals surface area contributed by atoms with Crippen molar-refractivity contribution < 1.29 is 23.6 Å². The highest BCUT2D eigenvalue weighted by Crippen LogP contribution is 2.37. The summed E-state index contributed by atoms with van der Waals surface area (Å²) >= 11 is 0. The Bertz CT molecular complexity index is 1700. The second-order valence-electron chi connectivity index (χ2n) is 10.6. The molecule has 1 aromatic carbocycles. The fraction of sp³-hybridized carbons (Fsp3) is 0.323. The average Bonchev–Trinajstić information content (AvgIpc) is 3.54. The van der Waals surface area contributed by atoms with Crippen molar-refractivity contribution in [1.82, 2.24) is 24.4 Å². The average molecular weight is 589 g/mol. The number of primary amides is 1. The van der Waals surface area contributed by atoms with Gasteiger partial charge in [-0.2, -0.15) is 14.6 Å². The molecule has 4 heterocycles. The molecule has 1 aliphatic heterocycles. The maximum atomic E-state index is 14.0. The van der Waals surface area contributed by atoms with Crippen LogP contribution >= 0.6 is 0 Å². The zero-order valence-electron chi connectivity index (χ0n) is 24.2. The number of aromatic nitrogens is 4. The minimum Gasteiger partial charge on any atom is -0.383 e. The maximum Gasteiger partial charge on any atom is 0.263 e. The van der Waals surface area contributed by atoms with Crippen molar-refractivity contribution in [2.24, 2.45) is 18.7 Å². The van der Waals surface area contributed by atoms with Crippen LogP contribution in [0.15, 0.2) is 65.7 Å². The van der Waals surface area contributed by atoms with Crippen LogP contribution < -0.4 is 11.3 Å². The molecule has 224 valence electrons. The number of ether oxygens (including phenoxy) is 1. The molecule has 11 nitrogen and oxygen atoms in total.